The number of methoxy groups -OCH3 is 1. The second-order valence-corrected chi connectivity index (χ2v) is 14.5. The Bertz CT molecular complexity index is 1510. The van der Waals surface area contributed by atoms with Crippen molar-refractivity contribution >= 4 is 18.4 Å². The lowest BCUT2D eigenvalue weighted by atomic mass is 9.67. The summed E-state index contributed by atoms with van der Waals surface area (Å²) >= 11 is 0. The van der Waals surface area contributed by atoms with Crippen LogP contribution in [-0.2, 0) is 37.3 Å². The molecule has 0 atom stereocenters. The first-order valence-corrected chi connectivity index (χ1v) is 19.9. The summed E-state index contributed by atoms with van der Waals surface area (Å²) < 4.78 is 17.0. The van der Waals surface area contributed by atoms with Gasteiger partial charge in [-0.2, -0.15) is 0 Å². The molecule has 296 valence electrons. The maximum absolute atomic E-state index is 11.5. The van der Waals surface area contributed by atoms with Crippen LogP contribution in [0.2, 0.25) is 0 Å². The number of rotatable bonds is 17. The van der Waals surface area contributed by atoms with Crippen LogP contribution in [0.5, 0.6) is 11.5 Å². The van der Waals surface area contributed by atoms with Gasteiger partial charge in [0, 0.05) is 37.3 Å². The smallest absolute Gasteiger partial charge is 0.262 e. The van der Waals surface area contributed by atoms with Gasteiger partial charge in [0.05, 0.1) is 18.9 Å². The minimum Gasteiger partial charge on any atom is -0.508 e. The molecule has 2 fully saturated rings. The summed E-state index contributed by atoms with van der Waals surface area (Å²) in [6, 6.07) is 23.5. The SMILES string of the molecule is C=O.CNC1CCCCC1.COCCN1CCC(c2ccccc2)(c2cc(CCOCCCCNCCc3cccc4c3OCC(=O)N4)ccc2O)CC1. The largest absolute Gasteiger partial charge is 0.508 e. The number of unbranched alkanes of at least 4 members (excludes halogenated alkanes) is 1. The van der Waals surface area contributed by atoms with E-state index in [2.05, 4.69) is 70.4 Å². The highest BCUT2D eigenvalue weighted by Gasteiger charge is 2.39. The number of anilines is 1. The third kappa shape index (κ3) is 12.9. The number of benzene rings is 3. The van der Waals surface area contributed by atoms with Crippen molar-refractivity contribution in [3.8, 4) is 11.5 Å². The fourth-order valence-corrected chi connectivity index (χ4v) is 7.83. The van der Waals surface area contributed by atoms with Crippen molar-refractivity contribution in [3.05, 3.63) is 89.0 Å². The molecule has 2 heterocycles. The summed E-state index contributed by atoms with van der Waals surface area (Å²) in [5.41, 5.74) is 5.16. The number of carbonyl (C=O) groups is 2. The summed E-state index contributed by atoms with van der Waals surface area (Å²) in [7, 11) is 3.82. The number of nitrogens with one attached hydrogen (secondary N) is 3. The van der Waals surface area contributed by atoms with Gasteiger partial charge in [0.2, 0.25) is 0 Å². The number of likely N-dealkylation sites (tertiary alicyclic amines) is 1. The standard InChI is InChI=1S/C36H47N3O5.C7H15N.CH2O/c1-42-25-22-39-20-16-36(17-21-39,30-9-3-2-4-10-30)31-26-28(12-13-33(31)40)15-24-43-23-6-5-18-37-19-14-29-8-7-11-32-35(29)44-27-34(41)38-32;1-8-7-5-3-2-4-6-7;1-2/h2-4,7-13,26,37,40H,5-6,14-25,27H2,1H3,(H,38,41);7-8H,2-6H2,1H3;1H2. The molecule has 1 amide bonds. The number of ether oxygens (including phenoxy) is 3. The average Bonchev–Trinajstić information content (AvgIpc) is 3.23. The zero-order chi connectivity index (χ0) is 38.4. The van der Waals surface area contributed by atoms with Crippen LogP contribution in [0, 0.1) is 0 Å². The second kappa shape index (κ2) is 23.9. The molecular formula is C44H64N4O6. The van der Waals surface area contributed by atoms with Gasteiger partial charge in [-0.05, 0) is 113 Å². The lowest BCUT2D eigenvalue weighted by molar-refractivity contribution is -0.118. The number of nitrogens with zero attached hydrogens (tertiary/aromatic N) is 1. The topological polar surface area (TPSA) is 121 Å². The minimum absolute atomic E-state index is 0.0777. The Morgan fingerprint density at radius 2 is 1.70 bits per heavy atom. The Labute approximate surface area is 323 Å². The molecule has 3 aromatic carbocycles. The molecule has 0 bridgehead atoms. The third-order valence-corrected chi connectivity index (χ3v) is 11.0. The molecule has 2 aliphatic heterocycles. The van der Waals surface area contributed by atoms with Crippen molar-refractivity contribution in [3.63, 3.8) is 0 Å². The second-order valence-electron chi connectivity index (χ2n) is 14.5. The van der Waals surface area contributed by atoms with Gasteiger partial charge in [-0.1, -0.05) is 73.9 Å². The molecular weight excluding hydrogens is 681 g/mol. The fraction of sp³-hybridized carbons (Fsp3) is 0.545. The van der Waals surface area contributed by atoms with E-state index in [9.17, 15) is 9.90 Å². The minimum atomic E-state index is -0.207. The molecule has 0 aromatic heterocycles. The molecule has 0 spiro atoms. The Morgan fingerprint density at radius 1 is 0.926 bits per heavy atom. The number of para-hydroxylation sites is 1. The van der Waals surface area contributed by atoms with Crippen molar-refractivity contribution in [1.82, 2.24) is 15.5 Å². The fourth-order valence-electron chi connectivity index (χ4n) is 7.83. The highest BCUT2D eigenvalue weighted by Crippen LogP contribution is 2.45. The Balaban J connectivity index is 0.000000569. The number of carbonyl (C=O) groups excluding carboxylic acids is 2. The first kappa shape index (κ1) is 42.9. The van der Waals surface area contributed by atoms with Crippen molar-refractivity contribution in [2.75, 3.05) is 78.6 Å². The van der Waals surface area contributed by atoms with E-state index in [0.29, 0.717) is 12.4 Å². The number of phenols is 1. The van der Waals surface area contributed by atoms with Gasteiger partial charge >= 0.3 is 0 Å². The monoisotopic (exact) mass is 744 g/mol. The van der Waals surface area contributed by atoms with Crippen molar-refractivity contribution in [2.24, 2.45) is 0 Å². The third-order valence-electron chi connectivity index (χ3n) is 11.0. The Morgan fingerprint density at radius 3 is 2.43 bits per heavy atom. The molecule has 1 aliphatic carbocycles. The van der Waals surface area contributed by atoms with Crippen LogP contribution in [0.25, 0.3) is 0 Å². The lowest BCUT2D eigenvalue weighted by Crippen LogP contribution is -2.44. The summed E-state index contributed by atoms with van der Waals surface area (Å²) in [4.78, 5) is 22.0. The van der Waals surface area contributed by atoms with E-state index in [0.717, 1.165) is 113 Å². The highest BCUT2D eigenvalue weighted by atomic mass is 16.5. The first-order valence-electron chi connectivity index (χ1n) is 19.9. The first-order chi connectivity index (χ1) is 26.5. The van der Waals surface area contributed by atoms with Crippen LogP contribution in [0.3, 0.4) is 0 Å². The van der Waals surface area contributed by atoms with E-state index in [1.54, 1.807) is 7.11 Å². The number of hydrogen-bond acceptors (Lipinski definition) is 9. The zero-order valence-corrected chi connectivity index (χ0v) is 32.7. The maximum Gasteiger partial charge on any atom is 0.262 e. The molecule has 0 unspecified atom stereocenters. The van der Waals surface area contributed by atoms with Crippen molar-refractivity contribution in [1.29, 1.82) is 0 Å². The zero-order valence-electron chi connectivity index (χ0n) is 32.7. The molecule has 10 heteroatoms. The van der Waals surface area contributed by atoms with E-state index in [4.69, 9.17) is 19.0 Å². The van der Waals surface area contributed by atoms with Gasteiger partial charge in [-0.15, -0.1) is 0 Å². The summed E-state index contributed by atoms with van der Waals surface area (Å²) in [5, 5.41) is 20.8. The van der Waals surface area contributed by atoms with E-state index < -0.39 is 0 Å². The highest BCUT2D eigenvalue weighted by molar-refractivity contribution is 5.95. The number of piperidine rings is 1. The summed E-state index contributed by atoms with van der Waals surface area (Å²) in [6.45, 7) is 8.89. The van der Waals surface area contributed by atoms with Gasteiger partial charge in [-0.25, -0.2) is 0 Å². The van der Waals surface area contributed by atoms with Crippen molar-refractivity contribution < 1.29 is 28.9 Å². The molecule has 3 aromatic rings. The van der Waals surface area contributed by atoms with E-state index >= 15 is 0 Å². The molecule has 10 nitrogen and oxygen atoms in total. The number of hydrogen-bond donors (Lipinski definition) is 4. The van der Waals surface area contributed by atoms with Gasteiger partial charge < -0.3 is 45.0 Å². The molecule has 0 radical (unpaired) electrons. The predicted octanol–water partition coefficient (Wildman–Crippen LogP) is 6.28. The summed E-state index contributed by atoms with van der Waals surface area (Å²) in [5.74, 6) is 1.06. The van der Waals surface area contributed by atoms with Gasteiger partial charge in [0.25, 0.3) is 5.91 Å². The van der Waals surface area contributed by atoms with Crippen LogP contribution in [0.4, 0.5) is 5.69 Å². The van der Waals surface area contributed by atoms with Gasteiger partial charge in [0.1, 0.15) is 18.3 Å². The van der Waals surface area contributed by atoms with Gasteiger partial charge in [-0.3, -0.25) is 4.79 Å². The molecule has 6 rings (SSSR count). The quantitative estimate of drug-likeness (QED) is 0.119. The normalized spacial score (nSPS) is 16.8. The Kier molecular flexibility index (Phi) is 19.0. The van der Waals surface area contributed by atoms with E-state index in [-0.39, 0.29) is 17.9 Å². The Hall–Kier alpha value is -3.80. The van der Waals surface area contributed by atoms with Crippen LogP contribution in [0.15, 0.2) is 66.7 Å². The number of fused-ring (bicyclic) bond motifs is 1. The number of phenolic OH excluding ortho intramolecular Hbond substituents is 1. The average molecular weight is 745 g/mol. The number of aromatic hydroxyl groups is 1. The molecule has 1 saturated carbocycles. The van der Waals surface area contributed by atoms with E-state index in [1.165, 1.54) is 43.2 Å². The van der Waals surface area contributed by atoms with Crippen LogP contribution >= 0.6 is 0 Å². The molecule has 3 aliphatic rings. The molecule has 54 heavy (non-hydrogen) atoms. The molecule has 4 N–H and O–H groups in total. The van der Waals surface area contributed by atoms with Crippen LogP contribution in [-0.4, -0.2) is 102 Å². The maximum atomic E-state index is 11.5. The van der Waals surface area contributed by atoms with Crippen molar-refractivity contribution in [2.45, 2.75) is 82.1 Å². The van der Waals surface area contributed by atoms with Crippen LogP contribution < -0.4 is 20.7 Å². The number of amides is 1. The summed E-state index contributed by atoms with van der Waals surface area (Å²) in [6.07, 6.45) is 12.8. The lowest BCUT2D eigenvalue weighted by Gasteiger charge is -2.43. The van der Waals surface area contributed by atoms with Gasteiger partial charge in [0.15, 0.2) is 6.61 Å². The van der Waals surface area contributed by atoms with E-state index in [1.807, 2.05) is 31.1 Å². The van der Waals surface area contributed by atoms with Crippen LogP contribution in [0.1, 0.15) is 80.0 Å². The predicted molar refractivity (Wildman–Crippen MR) is 217 cm³/mol. The molecule has 1 saturated heterocycles.